The van der Waals surface area contributed by atoms with Crippen LogP contribution in [0, 0.1) is 0 Å². The fourth-order valence-electron chi connectivity index (χ4n) is 4.11. The van der Waals surface area contributed by atoms with Gasteiger partial charge in [0.2, 0.25) is 0 Å². The molecule has 8 nitrogen and oxygen atoms in total. The number of aliphatic imine (C=N–C) groups is 1. The summed E-state index contributed by atoms with van der Waals surface area (Å²) in [5, 5.41) is 17.5. The molecule has 1 saturated heterocycles. The van der Waals surface area contributed by atoms with E-state index >= 15 is 0 Å². The summed E-state index contributed by atoms with van der Waals surface area (Å²) in [6, 6.07) is 6.06. The maximum Gasteiger partial charge on any atom is 0.191 e. The summed E-state index contributed by atoms with van der Waals surface area (Å²) in [4.78, 5) is 10.6. The molecule has 178 valence electrons. The lowest BCUT2D eigenvalue weighted by Gasteiger charge is -2.29. The lowest BCUT2D eigenvalue weighted by atomic mass is 10.1. The molecule has 0 unspecified atom stereocenters. The van der Waals surface area contributed by atoms with E-state index in [9.17, 15) is 5.11 Å². The number of rotatable bonds is 11. The van der Waals surface area contributed by atoms with Crippen molar-refractivity contribution in [2.24, 2.45) is 4.99 Å². The third-order valence-corrected chi connectivity index (χ3v) is 5.90. The number of H-pyrrole nitrogens is 1. The van der Waals surface area contributed by atoms with Gasteiger partial charge in [-0.15, -0.1) is 0 Å². The highest BCUT2D eigenvalue weighted by molar-refractivity contribution is 5.88. The van der Waals surface area contributed by atoms with Gasteiger partial charge in [0.25, 0.3) is 0 Å². The first-order chi connectivity index (χ1) is 15.6. The molecular formula is C24H39N5O3. The molecule has 0 saturated carbocycles. The number of aliphatic hydroxyl groups excluding tert-OH is 1. The number of likely N-dealkylation sites (tertiary alicyclic amines) is 1. The normalized spacial score (nSPS) is 15.8. The number of guanidine groups is 1. The Labute approximate surface area is 191 Å². The van der Waals surface area contributed by atoms with Crippen LogP contribution < -0.4 is 20.1 Å². The number of hydrogen-bond acceptors (Lipinski definition) is 5. The Balaban J connectivity index is 1.43. The van der Waals surface area contributed by atoms with Gasteiger partial charge < -0.3 is 35.1 Å². The van der Waals surface area contributed by atoms with Crippen LogP contribution in [0.3, 0.4) is 0 Å². The molecular weight excluding hydrogens is 406 g/mol. The van der Waals surface area contributed by atoms with E-state index in [2.05, 4.69) is 33.5 Å². The predicted molar refractivity (Wildman–Crippen MR) is 130 cm³/mol. The Morgan fingerprint density at radius 2 is 1.97 bits per heavy atom. The van der Waals surface area contributed by atoms with E-state index in [4.69, 9.17) is 14.5 Å². The van der Waals surface area contributed by atoms with Crippen LogP contribution in [0.4, 0.5) is 0 Å². The molecule has 3 rings (SSSR count). The van der Waals surface area contributed by atoms with Crippen molar-refractivity contribution in [1.29, 1.82) is 0 Å². The summed E-state index contributed by atoms with van der Waals surface area (Å²) in [6.07, 6.45) is 4.64. The summed E-state index contributed by atoms with van der Waals surface area (Å²) >= 11 is 0. The average Bonchev–Trinajstić information content (AvgIpc) is 3.22. The summed E-state index contributed by atoms with van der Waals surface area (Å²) in [6.45, 7) is 7.66. The highest BCUT2D eigenvalue weighted by Crippen LogP contribution is 2.31. The van der Waals surface area contributed by atoms with Crippen molar-refractivity contribution in [3.05, 3.63) is 23.9 Å². The summed E-state index contributed by atoms with van der Waals surface area (Å²) in [7, 11) is 3.35. The van der Waals surface area contributed by atoms with E-state index in [0.717, 1.165) is 99.7 Å². The van der Waals surface area contributed by atoms with Gasteiger partial charge in [-0.3, -0.25) is 4.99 Å². The number of aryl methyl sites for hydroxylation is 1. The van der Waals surface area contributed by atoms with E-state index in [-0.39, 0.29) is 6.10 Å². The molecule has 1 aromatic carbocycles. The van der Waals surface area contributed by atoms with Crippen molar-refractivity contribution in [2.75, 3.05) is 53.5 Å². The molecule has 0 radical (unpaired) electrons. The largest absolute Gasteiger partial charge is 0.497 e. The molecule has 0 bridgehead atoms. The third-order valence-electron chi connectivity index (χ3n) is 5.90. The molecule has 0 aliphatic carbocycles. The Bertz CT molecular complexity index is 859. The SMILES string of the molecule is CCNC(=NCCCc1cc2c(OC)cc(OC)cc2[nH]1)NCCCN1CCC(O)CC1. The number of piperidine rings is 1. The first-order valence-electron chi connectivity index (χ1n) is 11.8. The van der Waals surface area contributed by atoms with Crippen LogP contribution in [-0.4, -0.2) is 80.5 Å². The number of fused-ring (bicyclic) bond motifs is 1. The van der Waals surface area contributed by atoms with Gasteiger partial charge in [-0.1, -0.05) is 0 Å². The van der Waals surface area contributed by atoms with Crippen molar-refractivity contribution in [2.45, 2.75) is 45.1 Å². The first kappa shape index (κ1) is 24.2. The molecule has 0 amide bonds. The van der Waals surface area contributed by atoms with Crippen LogP contribution in [0.25, 0.3) is 10.9 Å². The van der Waals surface area contributed by atoms with E-state index in [0.29, 0.717) is 0 Å². The van der Waals surface area contributed by atoms with E-state index in [1.807, 2.05) is 12.1 Å². The van der Waals surface area contributed by atoms with Crippen LogP contribution >= 0.6 is 0 Å². The maximum atomic E-state index is 9.61. The van der Waals surface area contributed by atoms with Gasteiger partial charge in [-0.05, 0) is 51.6 Å². The van der Waals surface area contributed by atoms with Crippen molar-refractivity contribution in [3.8, 4) is 11.5 Å². The van der Waals surface area contributed by atoms with Crippen molar-refractivity contribution in [1.82, 2.24) is 20.5 Å². The van der Waals surface area contributed by atoms with Crippen LogP contribution in [0.15, 0.2) is 23.2 Å². The fraction of sp³-hybridized carbons (Fsp3) is 0.625. The second-order valence-electron chi connectivity index (χ2n) is 8.30. The molecule has 1 aliphatic rings. The minimum atomic E-state index is -0.105. The standard InChI is InChI=1S/C24H39N5O3/c1-4-25-24(27-11-6-12-29-13-8-19(30)9-14-29)26-10-5-7-18-15-21-22(28-18)16-20(31-2)17-23(21)32-3/h15-17,19,28,30H,4-14H2,1-3H3,(H2,25,26,27). The minimum absolute atomic E-state index is 0.105. The van der Waals surface area contributed by atoms with E-state index in [1.165, 1.54) is 5.69 Å². The lowest BCUT2D eigenvalue weighted by molar-refractivity contribution is 0.0823. The van der Waals surface area contributed by atoms with Crippen molar-refractivity contribution < 1.29 is 14.6 Å². The van der Waals surface area contributed by atoms with E-state index < -0.39 is 0 Å². The molecule has 8 heteroatoms. The quantitative estimate of drug-likeness (QED) is 0.241. The number of ether oxygens (including phenoxy) is 2. The number of aromatic amines is 1. The van der Waals surface area contributed by atoms with Gasteiger partial charge in [0.1, 0.15) is 11.5 Å². The monoisotopic (exact) mass is 445 g/mol. The minimum Gasteiger partial charge on any atom is -0.497 e. The molecule has 1 fully saturated rings. The fourth-order valence-corrected chi connectivity index (χ4v) is 4.11. The number of nitrogens with one attached hydrogen (secondary N) is 3. The molecule has 2 aromatic rings. The molecule has 0 atom stereocenters. The molecule has 1 aromatic heterocycles. The zero-order valence-corrected chi connectivity index (χ0v) is 19.7. The highest BCUT2D eigenvalue weighted by atomic mass is 16.5. The summed E-state index contributed by atoms with van der Waals surface area (Å²) < 4.78 is 10.9. The zero-order valence-electron chi connectivity index (χ0n) is 19.7. The molecule has 4 N–H and O–H groups in total. The molecule has 0 spiro atoms. The van der Waals surface area contributed by atoms with Crippen LogP contribution in [-0.2, 0) is 6.42 Å². The maximum absolute atomic E-state index is 9.61. The number of aromatic nitrogens is 1. The van der Waals surface area contributed by atoms with Crippen LogP contribution in [0.5, 0.6) is 11.5 Å². The predicted octanol–water partition coefficient (Wildman–Crippen LogP) is 2.52. The Hall–Kier alpha value is -2.45. The summed E-state index contributed by atoms with van der Waals surface area (Å²) in [5.41, 5.74) is 2.20. The highest BCUT2D eigenvalue weighted by Gasteiger charge is 2.16. The van der Waals surface area contributed by atoms with Crippen molar-refractivity contribution >= 4 is 16.9 Å². The molecule has 1 aliphatic heterocycles. The van der Waals surface area contributed by atoms with Crippen molar-refractivity contribution in [3.63, 3.8) is 0 Å². The van der Waals surface area contributed by atoms with Gasteiger partial charge in [0.15, 0.2) is 5.96 Å². The van der Waals surface area contributed by atoms with Crippen LogP contribution in [0.2, 0.25) is 0 Å². The Kier molecular flexibility index (Phi) is 9.49. The second kappa shape index (κ2) is 12.6. The van der Waals surface area contributed by atoms with Crippen LogP contribution in [0.1, 0.15) is 38.3 Å². The number of hydrogen-bond donors (Lipinski definition) is 4. The third kappa shape index (κ3) is 7.03. The average molecular weight is 446 g/mol. The second-order valence-corrected chi connectivity index (χ2v) is 8.30. The van der Waals surface area contributed by atoms with Gasteiger partial charge in [0, 0.05) is 55.9 Å². The smallest absolute Gasteiger partial charge is 0.191 e. The number of methoxy groups -OCH3 is 2. The van der Waals surface area contributed by atoms with Gasteiger partial charge in [-0.25, -0.2) is 0 Å². The summed E-state index contributed by atoms with van der Waals surface area (Å²) in [5.74, 6) is 2.48. The first-order valence-corrected chi connectivity index (χ1v) is 11.8. The Morgan fingerprint density at radius 3 is 2.69 bits per heavy atom. The van der Waals surface area contributed by atoms with Gasteiger partial charge in [0.05, 0.1) is 25.8 Å². The Morgan fingerprint density at radius 1 is 1.16 bits per heavy atom. The topological polar surface area (TPSA) is 94.1 Å². The van der Waals surface area contributed by atoms with Gasteiger partial charge in [-0.2, -0.15) is 0 Å². The number of benzene rings is 1. The molecule has 2 heterocycles. The van der Waals surface area contributed by atoms with E-state index in [1.54, 1.807) is 14.2 Å². The number of nitrogens with zero attached hydrogens (tertiary/aromatic N) is 2. The zero-order chi connectivity index (χ0) is 22.8. The molecule has 32 heavy (non-hydrogen) atoms. The lowest BCUT2D eigenvalue weighted by Crippen LogP contribution is -2.40. The number of aliphatic hydroxyl groups is 1. The van der Waals surface area contributed by atoms with Gasteiger partial charge >= 0.3 is 0 Å².